The fraction of sp³-hybridized carbons (Fsp3) is 0.800. The van der Waals surface area contributed by atoms with Gasteiger partial charge in [-0.25, -0.2) is 0 Å². The molecule has 7 nitrogen and oxygen atoms in total. The number of quaternary nitrogens is 3. The van der Waals surface area contributed by atoms with Crippen LogP contribution in [-0.2, 0) is 9.59 Å². The Morgan fingerprint density at radius 3 is 1.06 bits per heavy atom. The van der Waals surface area contributed by atoms with Gasteiger partial charge in [-0.3, -0.25) is 0 Å². The van der Waals surface area contributed by atoms with Crippen molar-refractivity contribution in [3.63, 3.8) is 0 Å². The normalized spacial score (nSPS) is 7.78. The maximum absolute atomic E-state index is 10.0. The molecule has 114 valence electrons. The van der Waals surface area contributed by atoms with Crippen LogP contribution in [0.4, 0.5) is 0 Å². The van der Waals surface area contributed by atoms with Gasteiger partial charge in [-0.1, -0.05) is 25.7 Å². The summed E-state index contributed by atoms with van der Waals surface area (Å²) in [5.74, 6) is -2.00. The van der Waals surface area contributed by atoms with E-state index in [1.807, 2.05) is 0 Å². The predicted octanol–water partition coefficient (Wildman–Crippen LogP) is -2.26. The van der Waals surface area contributed by atoms with Crippen molar-refractivity contribution in [2.45, 2.75) is 51.4 Å². The Balaban J connectivity index is -0.000000141. The van der Waals surface area contributed by atoms with Crippen molar-refractivity contribution in [2.75, 3.05) is 0 Å². The van der Waals surface area contributed by atoms with E-state index in [1.165, 1.54) is 0 Å². The number of carbonyl (C=O) groups is 2. The predicted molar refractivity (Wildman–Crippen MR) is 64.9 cm³/mol. The molecule has 0 radical (unpaired) electrons. The van der Waals surface area contributed by atoms with Gasteiger partial charge in [0.15, 0.2) is 0 Å². The first-order chi connectivity index (χ1) is 6.63. The molecule has 0 spiro atoms. The van der Waals surface area contributed by atoms with Crippen molar-refractivity contribution >= 4 is 11.9 Å². The van der Waals surface area contributed by atoms with Crippen LogP contribution in [0.2, 0.25) is 0 Å². The third-order valence-electron chi connectivity index (χ3n) is 2.01. The molecule has 8 heteroatoms. The van der Waals surface area contributed by atoms with Gasteiger partial charge in [0.25, 0.3) is 0 Å². The van der Waals surface area contributed by atoms with Crippen LogP contribution in [0.1, 0.15) is 51.4 Å². The zero-order valence-electron chi connectivity index (χ0n) is 11.7. The standard InChI is InChI=1S/C10H18O4.BrH.3H3N/c11-9(12)7-5-3-1-2-4-6-8-10(13)14;;;;/h1-8H2,(H,11,12)(H,13,14);1H;3*1H3. The summed E-state index contributed by atoms with van der Waals surface area (Å²) >= 11 is 0. The molecule has 0 heterocycles. The van der Waals surface area contributed by atoms with E-state index in [1.54, 1.807) is 0 Å². The zero-order chi connectivity index (χ0) is 10.8. The third kappa shape index (κ3) is 29.5. The number of carbonyl (C=O) groups excluding carboxylic acids is 2. The Bertz CT molecular complexity index is 174. The quantitative estimate of drug-likeness (QED) is 0.401. The molecule has 0 rings (SSSR count). The number of aliphatic carboxylic acids is 2. The van der Waals surface area contributed by atoms with Gasteiger partial charge >= 0.3 is 0 Å². The summed E-state index contributed by atoms with van der Waals surface area (Å²) in [5, 5.41) is 20.1. The minimum atomic E-state index is -0.998. The zero-order valence-corrected chi connectivity index (χ0v) is 13.3. The average molecular weight is 334 g/mol. The molecule has 12 N–H and O–H groups in total. The van der Waals surface area contributed by atoms with Crippen molar-refractivity contribution < 1.29 is 36.8 Å². The largest absolute Gasteiger partial charge is 1.00 e. The highest BCUT2D eigenvalue weighted by Crippen LogP contribution is 2.07. The first-order valence-corrected chi connectivity index (χ1v) is 5.02. The Morgan fingerprint density at radius 1 is 0.611 bits per heavy atom. The van der Waals surface area contributed by atoms with Crippen LogP contribution < -0.4 is 45.6 Å². The van der Waals surface area contributed by atoms with Gasteiger partial charge in [0, 0.05) is 11.9 Å². The number of carboxylic acid groups (broad SMARTS) is 2. The van der Waals surface area contributed by atoms with Crippen molar-refractivity contribution in [1.82, 2.24) is 18.5 Å². The highest BCUT2D eigenvalue weighted by molar-refractivity contribution is 5.64. The van der Waals surface area contributed by atoms with Gasteiger partial charge in [-0.15, -0.1) is 0 Å². The van der Waals surface area contributed by atoms with Crippen LogP contribution in [0.15, 0.2) is 0 Å². The number of halogens is 1. The molecule has 0 fully saturated rings. The van der Waals surface area contributed by atoms with Crippen molar-refractivity contribution in [1.29, 1.82) is 0 Å². The summed E-state index contributed by atoms with van der Waals surface area (Å²) in [6.07, 6.45) is 5.23. The molecule has 0 aliphatic rings. The van der Waals surface area contributed by atoms with Gasteiger partial charge in [0.05, 0.1) is 0 Å². The number of rotatable bonds is 9. The molecule has 0 aliphatic carbocycles. The third-order valence-corrected chi connectivity index (χ3v) is 2.01. The van der Waals surface area contributed by atoms with E-state index in [-0.39, 0.29) is 48.3 Å². The summed E-state index contributed by atoms with van der Waals surface area (Å²) in [6, 6.07) is 0. The second-order valence-electron chi connectivity index (χ2n) is 3.37. The molecule has 0 aromatic carbocycles. The molecule has 0 unspecified atom stereocenters. The van der Waals surface area contributed by atoms with Crippen molar-refractivity contribution in [2.24, 2.45) is 0 Å². The van der Waals surface area contributed by atoms with Crippen LogP contribution in [0.5, 0.6) is 0 Å². The average Bonchev–Trinajstić information content (AvgIpc) is 2.08. The lowest BCUT2D eigenvalue weighted by atomic mass is 10.1. The van der Waals surface area contributed by atoms with Crippen LogP contribution in [0.25, 0.3) is 0 Å². The lowest BCUT2D eigenvalue weighted by molar-refractivity contribution is -0.307. The summed E-state index contributed by atoms with van der Waals surface area (Å²) in [7, 11) is 0. The molecule has 0 saturated heterocycles. The SMILES string of the molecule is O=C([O-])CCCCCCCCC(=O)[O-].[Br-].[NH4+].[NH4+].[NH4+]. The monoisotopic (exact) mass is 333 g/mol. The highest BCUT2D eigenvalue weighted by atomic mass is 79.9. The van der Waals surface area contributed by atoms with Gasteiger partial charge in [-0.05, 0) is 25.7 Å². The molecule has 0 aromatic heterocycles. The molecular formula is C10H28BrN3O4. The fourth-order valence-electron chi connectivity index (χ4n) is 1.25. The minimum Gasteiger partial charge on any atom is -1.00 e. The van der Waals surface area contributed by atoms with E-state index in [0.29, 0.717) is 12.8 Å². The van der Waals surface area contributed by atoms with Gasteiger partial charge in [0.1, 0.15) is 0 Å². The summed E-state index contributed by atoms with van der Waals surface area (Å²) in [4.78, 5) is 20.1. The van der Waals surface area contributed by atoms with Crippen LogP contribution in [-0.4, -0.2) is 11.9 Å². The maximum atomic E-state index is 10.0. The lowest BCUT2D eigenvalue weighted by Crippen LogP contribution is -3.00. The second-order valence-corrected chi connectivity index (χ2v) is 3.37. The summed E-state index contributed by atoms with van der Waals surface area (Å²) < 4.78 is 0. The van der Waals surface area contributed by atoms with Crippen LogP contribution in [0.3, 0.4) is 0 Å². The van der Waals surface area contributed by atoms with E-state index in [4.69, 9.17) is 0 Å². The molecule has 18 heavy (non-hydrogen) atoms. The molecule has 0 bridgehead atoms. The molecule has 0 amide bonds. The van der Waals surface area contributed by atoms with Crippen LogP contribution >= 0.6 is 0 Å². The Kier molecular flexibility index (Phi) is 36.4. The molecule has 0 atom stereocenters. The summed E-state index contributed by atoms with van der Waals surface area (Å²) in [6.45, 7) is 0. The van der Waals surface area contributed by atoms with E-state index in [0.717, 1.165) is 25.7 Å². The van der Waals surface area contributed by atoms with Gasteiger partial charge < -0.3 is 55.2 Å². The van der Waals surface area contributed by atoms with E-state index < -0.39 is 11.9 Å². The number of hydrogen-bond acceptors (Lipinski definition) is 4. The van der Waals surface area contributed by atoms with Crippen LogP contribution in [0, 0.1) is 0 Å². The summed E-state index contributed by atoms with van der Waals surface area (Å²) in [5.41, 5.74) is 0. The fourth-order valence-corrected chi connectivity index (χ4v) is 1.25. The smallest absolute Gasteiger partial charge is 0.0414 e. The maximum Gasteiger partial charge on any atom is 0.0414 e. The Hall–Kier alpha value is -0.700. The van der Waals surface area contributed by atoms with E-state index in [9.17, 15) is 19.8 Å². The molecule has 0 aliphatic heterocycles. The number of hydrogen-bond donors (Lipinski definition) is 3. The molecule has 0 aromatic rings. The van der Waals surface area contributed by atoms with Gasteiger partial charge in [0.2, 0.25) is 0 Å². The first kappa shape index (κ1) is 30.4. The minimum absolute atomic E-state index is 0. The van der Waals surface area contributed by atoms with E-state index >= 15 is 0 Å². The number of unbranched alkanes of at least 4 members (excludes halogenated alkanes) is 5. The number of carboxylic acids is 2. The van der Waals surface area contributed by atoms with Crippen molar-refractivity contribution in [3.05, 3.63) is 0 Å². The Labute approximate surface area is 119 Å². The van der Waals surface area contributed by atoms with E-state index in [2.05, 4.69) is 0 Å². The topological polar surface area (TPSA) is 190 Å². The van der Waals surface area contributed by atoms with Crippen molar-refractivity contribution in [3.8, 4) is 0 Å². The molecular weight excluding hydrogens is 306 g/mol. The lowest BCUT2D eigenvalue weighted by Gasteiger charge is -2.03. The Morgan fingerprint density at radius 2 is 0.833 bits per heavy atom. The first-order valence-electron chi connectivity index (χ1n) is 5.02. The van der Waals surface area contributed by atoms with Gasteiger partial charge in [-0.2, -0.15) is 0 Å². The second kappa shape index (κ2) is 21.6. The molecule has 0 saturated carbocycles. The highest BCUT2D eigenvalue weighted by Gasteiger charge is 1.92.